The molecule has 0 radical (unpaired) electrons. The van der Waals surface area contributed by atoms with Crippen molar-refractivity contribution in [2.75, 3.05) is 37.8 Å². The minimum Gasteiger partial charge on any atom is -0.384 e. The van der Waals surface area contributed by atoms with Crippen molar-refractivity contribution in [2.45, 2.75) is 50.6 Å². The van der Waals surface area contributed by atoms with E-state index in [9.17, 15) is 4.79 Å². The number of fused-ring (bicyclic) bond motifs is 2. The number of benzene rings is 2. The Bertz CT molecular complexity index is 1620. The van der Waals surface area contributed by atoms with Gasteiger partial charge in [0.25, 0.3) is 5.56 Å². The molecule has 6 rings (SSSR count). The molecule has 0 bridgehead atoms. The largest absolute Gasteiger partial charge is 0.384 e. The second-order valence-corrected chi connectivity index (χ2v) is 12.6. The molecule has 2 aliphatic heterocycles. The van der Waals surface area contributed by atoms with Crippen molar-refractivity contribution in [3.63, 3.8) is 0 Å². The molecule has 7 nitrogen and oxygen atoms in total. The van der Waals surface area contributed by atoms with Gasteiger partial charge in [0, 0.05) is 35.8 Å². The van der Waals surface area contributed by atoms with E-state index >= 15 is 0 Å². The maximum Gasteiger partial charge on any atom is 0.261 e. The number of nitrogens with one attached hydrogen (secondary N) is 3. The minimum atomic E-state index is -0.162. The highest BCUT2D eigenvalue weighted by atomic mass is 32.2. The average Bonchev–Trinajstić information content (AvgIpc) is 3.48. The number of nitrogens with zero attached hydrogens (tertiary/aromatic N) is 3. The van der Waals surface area contributed by atoms with Gasteiger partial charge in [0.2, 0.25) is 0 Å². The number of H-pyrrole nitrogens is 2. The first-order valence-corrected chi connectivity index (χ1v) is 15.4. The maximum absolute atomic E-state index is 13.0. The average molecular weight is 573 g/mol. The summed E-state index contributed by atoms with van der Waals surface area (Å²) in [5.41, 5.74) is 7.87. The van der Waals surface area contributed by atoms with Gasteiger partial charge in [-0.05, 0) is 94.4 Å². The van der Waals surface area contributed by atoms with Crippen molar-refractivity contribution in [1.29, 1.82) is 0 Å². The number of imidazole rings is 1. The molecule has 3 N–H and O–H groups in total. The number of thioether (sulfide) groups is 1. The van der Waals surface area contributed by atoms with Crippen LogP contribution in [0.15, 0.2) is 52.3 Å². The smallest absolute Gasteiger partial charge is 0.261 e. The molecule has 4 heterocycles. The SMILES string of the molecule is Cc1ccc(SCCCNc2cc[nH]c(=O)c2-c2nc3cc4c(cc3[nH]2)CN(C2CCN(C)CC2)C4=S)c(C)c1. The molecule has 9 heteroatoms. The van der Waals surface area contributed by atoms with Gasteiger partial charge in [-0.2, -0.15) is 0 Å². The number of aryl methyl sites for hydroxylation is 2. The maximum atomic E-state index is 13.0. The second kappa shape index (κ2) is 11.4. The fourth-order valence-electron chi connectivity index (χ4n) is 5.86. The number of rotatable bonds is 8. The van der Waals surface area contributed by atoms with Crippen LogP contribution in [0.25, 0.3) is 22.4 Å². The number of aromatic nitrogens is 3. The van der Waals surface area contributed by atoms with E-state index in [1.165, 1.54) is 21.6 Å². The van der Waals surface area contributed by atoms with Gasteiger partial charge in [-0.1, -0.05) is 29.9 Å². The Labute approximate surface area is 244 Å². The lowest BCUT2D eigenvalue weighted by molar-refractivity contribution is 0.178. The summed E-state index contributed by atoms with van der Waals surface area (Å²) in [6, 6.07) is 13.3. The Balaban J connectivity index is 1.16. The van der Waals surface area contributed by atoms with E-state index in [4.69, 9.17) is 17.2 Å². The number of piperidine rings is 1. The molecule has 0 amide bonds. The number of hydrogen-bond acceptors (Lipinski definition) is 6. The highest BCUT2D eigenvalue weighted by Gasteiger charge is 2.32. The fraction of sp³-hybridized carbons (Fsp3) is 0.387. The molecular formula is C31H36N6OS2. The van der Waals surface area contributed by atoms with Crippen LogP contribution in [0, 0.1) is 13.8 Å². The zero-order valence-corrected chi connectivity index (χ0v) is 25.0. The first-order valence-electron chi connectivity index (χ1n) is 14.1. The van der Waals surface area contributed by atoms with Gasteiger partial charge in [0.1, 0.15) is 16.4 Å². The summed E-state index contributed by atoms with van der Waals surface area (Å²) >= 11 is 7.81. The van der Waals surface area contributed by atoms with Crippen molar-refractivity contribution < 1.29 is 0 Å². The molecule has 208 valence electrons. The third kappa shape index (κ3) is 5.42. The third-order valence-corrected chi connectivity index (χ3v) is 9.81. The Morgan fingerprint density at radius 1 is 1.15 bits per heavy atom. The normalized spacial score (nSPS) is 16.2. The van der Waals surface area contributed by atoms with Crippen LogP contribution in [-0.4, -0.2) is 68.2 Å². The van der Waals surface area contributed by atoms with Crippen LogP contribution in [0.1, 0.15) is 41.5 Å². The van der Waals surface area contributed by atoms with Crippen LogP contribution in [0.4, 0.5) is 5.69 Å². The molecule has 0 saturated carbocycles. The molecule has 2 aliphatic rings. The van der Waals surface area contributed by atoms with E-state index in [0.717, 1.165) is 78.5 Å². The number of aromatic amines is 2. The molecular weight excluding hydrogens is 537 g/mol. The van der Waals surface area contributed by atoms with E-state index in [2.05, 4.69) is 76.3 Å². The van der Waals surface area contributed by atoms with Gasteiger partial charge in [-0.15, -0.1) is 11.8 Å². The first kappa shape index (κ1) is 27.1. The fourth-order valence-corrected chi connectivity index (χ4v) is 7.22. The summed E-state index contributed by atoms with van der Waals surface area (Å²) in [6.45, 7) is 8.12. The molecule has 0 aliphatic carbocycles. The molecule has 2 aromatic carbocycles. The van der Waals surface area contributed by atoms with Crippen LogP contribution in [0.5, 0.6) is 0 Å². The number of thiocarbonyl (C=S) groups is 1. The highest BCUT2D eigenvalue weighted by molar-refractivity contribution is 7.99. The van der Waals surface area contributed by atoms with E-state index in [1.54, 1.807) is 6.20 Å². The summed E-state index contributed by atoms with van der Waals surface area (Å²) in [7, 11) is 2.18. The summed E-state index contributed by atoms with van der Waals surface area (Å²) in [5, 5.41) is 3.48. The van der Waals surface area contributed by atoms with Crippen molar-refractivity contribution in [3.05, 3.63) is 75.2 Å². The summed E-state index contributed by atoms with van der Waals surface area (Å²) in [4.78, 5) is 31.1. The first-order chi connectivity index (χ1) is 19.4. The van der Waals surface area contributed by atoms with Crippen LogP contribution >= 0.6 is 24.0 Å². The van der Waals surface area contributed by atoms with Crippen molar-refractivity contribution >= 4 is 45.7 Å². The number of hydrogen-bond donors (Lipinski definition) is 3. The lowest BCUT2D eigenvalue weighted by atomic mass is 10.0. The molecule has 40 heavy (non-hydrogen) atoms. The topological polar surface area (TPSA) is 80.0 Å². The van der Waals surface area contributed by atoms with Crippen molar-refractivity contribution in [2.24, 2.45) is 0 Å². The molecule has 1 saturated heterocycles. The third-order valence-electron chi connectivity index (χ3n) is 8.09. The van der Waals surface area contributed by atoms with Crippen LogP contribution < -0.4 is 10.9 Å². The standard InChI is InChI=1S/C31H36N6OS2/c1-19-5-6-27(20(2)15-19)40-14-4-10-32-24-7-11-33-30(38)28(24)29-34-25-16-21-18-37(22-8-12-36(3)13-9-22)31(39)23(21)17-26(25)35-29/h5-7,11,15-17,22H,4,8-10,12-14,18H2,1-3H3,(H,34,35)(H2,32,33,38). The van der Waals surface area contributed by atoms with E-state index in [1.807, 2.05) is 17.8 Å². The number of anilines is 1. The van der Waals surface area contributed by atoms with Crippen LogP contribution in [0.2, 0.25) is 0 Å². The predicted molar refractivity (Wildman–Crippen MR) is 170 cm³/mol. The zero-order valence-electron chi connectivity index (χ0n) is 23.3. The van der Waals surface area contributed by atoms with Crippen LogP contribution in [-0.2, 0) is 6.54 Å². The quantitative estimate of drug-likeness (QED) is 0.142. The van der Waals surface area contributed by atoms with Crippen LogP contribution in [0.3, 0.4) is 0 Å². The molecule has 0 spiro atoms. The Kier molecular flexibility index (Phi) is 7.70. The van der Waals surface area contributed by atoms with E-state index in [-0.39, 0.29) is 5.56 Å². The number of likely N-dealkylation sites (tertiary alicyclic amines) is 1. The molecule has 0 unspecified atom stereocenters. The molecule has 4 aromatic rings. The molecule has 0 atom stereocenters. The summed E-state index contributed by atoms with van der Waals surface area (Å²) in [6.07, 6.45) is 4.94. The summed E-state index contributed by atoms with van der Waals surface area (Å²) in [5.74, 6) is 1.57. The van der Waals surface area contributed by atoms with Gasteiger partial charge < -0.3 is 25.1 Å². The summed E-state index contributed by atoms with van der Waals surface area (Å²) < 4.78 is 0. The monoisotopic (exact) mass is 572 g/mol. The van der Waals surface area contributed by atoms with Gasteiger partial charge in [-0.3, -0.25) is 4.79 Å². The van der Waals surface area contributed by atoms with Gasteiger partial charge in [0.15, 0.2) is 0 Å². The number of pyridine rings is 1. The van der Waals surface area contributed by atoms with E-state index < -0.39 is 0 Å². The Morgan fingerprint density at radius 2 is 1.98 bits per heavy atom. The Morgan fingerprint density at radius 3 is 2.77 bits per heavy atom. The van der Waals surface area contributed by atoms with Crippen molar-refractivity contribution in [1.82, 2.24) is 24.8 Å². The Hall–Kier alpha value is -3.14. The van der Waals surface area contributed by atoms with Gasteiger partial charge >= 0.3 is 0 Å². The lowest BCUT2D eigenvalue weighted by Gasteiger charge is -2.36. The van der Waals surface area contributed by atoms with Gasteiger partial charge in [-0.25, -0.2) is 4.98 Å². The minimum absolute atomic E-state index is 0.162. The molecule has 1 fully saturated rings. The zero-order chi connectivity index (χ0) is 27.8. The molecule has 2 aromatic heterocycles. The second-order valence-electron chi connectivity index (χ2n) is 11.1. The lowest BCUT2D eigenvalue weighted by Crippen LogP contribution is -2.43. The van der Waals surface area contributed by atoms with Crippen molar-refractivity contribution in [3.8, 4) is 11.4 Å². The predicted octanol–water partition coefficient (Wildman–Crippen LogP) is 5.71. The highest BCUT2D eigenvalue weighted by Crippen LogP contribution is 2.33. The van der Waals surface area contributed by atoms with E-state index in [0.29, 0.717) is 17.4 Å². The van der Waals surface area contributed by atoms with Gasteiger partial charge in [0.05, 0.1) is 16.7 Å².